The fourth-order valence-electron chi connectivity index (χ4n) is 3.29. The topological polar surface area (TPSA) is 75.7 Å². The van der Waals surface area contributed by atoms with E-state index in [4.69, 9.17) is 4.74 Å². The number of carbonyl (C=O) groups is 3. The number of carbonyl (C=O) groups excluding carboxylic acids is 3. The number of ether oxygens (including phenoxy) is 1. The zero-order valence-corrected chi connectivity index (χ0v) is 16.9. The summed E-state index contributed by atoms with van der Waals surface area (Å²) in [5.74, 6) is -4.41. The summed E-state index contributed by atoms with van der Waals surface area (Å²) in [5.41, 5.74) is 2.09. The van der Waals surface area contributed by atoms with Gasteiger partial charge in [0.2, 0.25) is 5.91 Å². The Morgan fingerprint density at radius 1 is 1.13 bits per heavy atom. The molecule has 0 unspecified atom stereocenters. The van der Waals surface area contributed by atoms with Crippen LogP contribution in [0.3, 0.4) is 0 Å². The van der Waals surface area contributed by atoms with Gasteiger partial charge in [-0.05, 0) is 50.1 Å². The van der Waals surface area contributed by atoms with Gasteiger partial charge in [0.25, 0.3) is 5.91 Å². The van der Waals surface area contributed by atoms with Crippen LogP contribution in [0.15, 0.2) is 36.4 Å². The van der Waals surface area contributed by atoms with Crippen molar-refractivity contribution < 1.29 is 27.9 Å². The fraction of sp³-hybridized carbons (Fsp3) is 0.318. The zero-order valence-electron chi connectivity index (χ0n) is 16.9. The van der Waals surface area contributed by atoms with Crippen molar-refractivity contribution in [3.8, 4) is 0 Å². The molecule has 6 nitrogen and oxygen atoms in total. The highest BCUT2D eigenvalue weighted by molar-refractivity contribution is 6.01. The summed E-state index contributed by atoms with van der Waals surface area (Å²) in [6, 6.07) is 8.76. The predicted octanol–water partition coefficient (Wildman–Crippen LogP) is 3.50. The van der Waals surface area contributed by atoms with Crippen molar-refractivity contribution in [1.82, 2.24) is 0 Å². The SMILES string of the molecule is Cc1cccc(N2C[C@H](C(=O)O[C@H](C)C(=O)Nc3c(F)cccc3F)CC2=O)c1C. The average Bonchev–Trinajstić information content (AvgIpc) is 3.08. The molecule has 3 rings (SSSR count). The molecule has 1 saturated heterocycles. The third-order valence-electron chi connectivity index (χ3n) is 5.20. The van der Waals surface area contributed by atoms with E-state index in [1.54, 1.807) is 0 Å². The summed E-state index contributed by atoms with van der Waals surface area (Å²) in [4.78, 5) is 38.7. The number of amides is 2. The number of nitrogens with zero attached hydrogens (tertiary/aromatic N) is 1. The van der Waals surface area contributed by atoms with Crippen LogP contribution in [-0.2, 0) is 19.1 Å². The Bertz CT molecular complexity index is 988. The second-order valence-corrected chi connectivity index (χ2v) is 7.29. The van der Waals surface area contributed by atoms with Crippen LogP contribution in [0, 0.1) is 31.4 Å². The summed E-state index contributed by atoms with van der Waals surface area (Å²) < 4.78 is 32.5. The number of nitrogens with one attached hydrogen (secondary N) is 1. The smallest absolute Gasteiger partial charge is 0.312 e. The van der Waals surface area contributed by atoms with E-state index in [0.717, 1.165) is 28.9 Å². The van der Waals surface area contributed by atoms with Crippen LogP contribution in [0.1, 0.15) is 24.5 Å². The van der Waals surface area contributed by atoms with Gasteiger partial charge in [-0.25, -0.2) is 8.78 Å². The Kier molecular flexibility index (Phi) is 6.14. The number of rotatable bonds is 5. The number of anilines is 2. The molecule has 0 aliphatic carbocycles. The first-order chi connectivity index (χ1) is 14.2. The molecule has 1 heterocycles. The molecule has 0 bridgehead atoms. The summed E-state index contributed by atoms with van der Waals surface area (Å²) in [6.07, 6.45) is -1.33. The number of hydrogen-bond donors (Lipinski definition) is 1. The number of esters is 1. The lowest BCUT2D eigenvalue weighted by Gasteiger charge is -2.20. The first-order valence-electron chi connectivity index (χ1n) is 9.51. The number of aryl methyl sites for hydroxylation is 1. The van der Waals surface area contributed by atoms with Crippen molar-refractivity contribution in [3.05, 3.63) is 59.2 Å². The highest BCUT2D eigenvalue weighted by Gasteiger charge is 2.38. The molecule has 0 radical (unpaired) electrons. The van der Waals surface area contributed by atoms with Gasteiger partial charge in [0.05, 0.1) is 5.92 Å². The quantitative estimate of drug-likeness (QED) is 0.757. The van der Waals surface area contributed by atoms with Gasteiger partial charge in [0, 0.05) is 18.7 Å². The maximum absolute atomic E-state index is 13.7. The lowest BCUT2D eigenvalue weighted by atomic mass is 10.1. The third-order valence-corrected chi connectivity index (χ3v) is 5.20. The highest BCUT2D eigenvalue weighted by atomic mass is 19.1. The van der Waals surface area contributed by atoms with E-state index in [2.05, 4.69) is 5.32 Å². The molecule has 0 spiro atoms. The second-order valence-electron chi connectivity index (χ2n) is 7.29. The van der Waals surface area contributed by atoms with E-state index in [1.807, 2.05) is 32.0 Å². The predicted molar refractivity (Wildman–Crippen MR) is 107 cm³/mol. The normalized spacial score (nSPS) is 17.0. The van der Waals surface area contributed by atoms with Gasteiger partial charge in [-0.3, -0.25) is 14.4 Å². The Hall–Kier alpha value is -3.29. The molecule has 2 aromatic carbocycles. The number of hydrogen-bond acceptors (Lipinski definition) is 4. The minimum absolute atomic E-state index is 0.0392. The van der Waals surface area contributed by atoms with Gasteiger partial charge in [0.1, 0.15) is 17.3 Å². The van der Waals surface area contributed by atoms with Crippen LogP contribution in [0.2, 0.25) is 0 Å². The Balaban J connectivity index is 1.64. The van der Waals surface area contributed by atoms with Crippen LogP contribution in [0.4, 0.5) is 20.2 Å². The van der Waals surface area contributed by atoms with Gasteiger partial charge in [0.15, 0.2) is 6.10 Å². The summed E-state index contributed by atoms with van der Waals surface area (Å²) in [7, 11) is 0. The van der Waals surface area contributed by atoms with Crippen molar-refractivity contribution >= 4 is 29.2 Å². The Morgan fingerprint density at radius 2 is 1.77 bits per heavy atom. The molecule has 2 atom stereocenters. The minimum Gasteiger partial charge on any atom is -0.452 e. The molecule has 1 N–H and O–H groups in total. The van der Waals surface area contributed by atoms with Crippen molar-refractivity contribution in [2.75, 3.05) is 16.8 Å². The molecule has 0 aromatic heterocycles. The molecule has 1 fully saturated rings. The number of benzene rings is 2. The van der Waals surface area contributed by atoms with Gasteiger partial charge in [-0.2, -0.15) is 0 Å². The van der Waals surface area contributed by atoms with Crippen LogP contribution in [-0.4, -0.2) is 30.4 Å². The molecule has 8 heteroatoms. The lowest BCUT2D eigenvalue weighted by Crippen LogP contribution is -2.33. The highest BCUT2D eigenvalue weighted by Crippen LogP contribution is 2.30. The third kappa shape index (κ3) is 4.32. The van der Waals surface area contributed by atoms with Crippen LogP contribution >= 0.6 is 0 Å². The standard InChI is InChI=1S/C22H22F2N2O4/c1-12-6-4-9-18(13(12)2)26-11-15(10-19(26)27)22(29)30-14(3)21(28)25-20-16(23)7-5-8-17(20)24/h4-9,14-15H,10-11H2,1-3H3,(H,25,28)/t14-,15-/m1/s1. The average molecular weight is 416 g/mol. The monoisotopic (exact) mass is 416 g/mol. The van der Waals surface area contributed by atoms with Crippen LogP contribution in [0.5, 0.6) is 0 Å². The molecule has 1 aliphatic rings. The molecular weight excluding hydrogens is 394 g/mol. The first kappa shape index (κ1) is 21.4. The Labute approximate surface area is 172 Å². The fourth-order valence-corrected chi connectivity index (χ4v) is 3.29. The molecular formula is C22H22F2N2O4. The molecule has 2 aromatic rings. The van der Waals surface area contributed by atoms with Crippen molar-refractivity contribution in [3.63, 3.8) is 0 Å². The summed E-state index contributed by atoms with van der Waals surface area (Å²) in [5, 5.41) is 2.09. The van der Waals surface area contributed by atoms with E-state index in [0.29, 0.717) is 0 Å². The molecule has 158 valence electrons. The molecule has 1 aliphatic heterocycles. The second kappa shape index (κ2) is 8.61. The van der Waals surface area contributed by atoms with Crippen molar-refractivity contribution in [1.29, 1.82) is 0 Å². The lowest BCUT2D eigenvalue weighted by molar-refractivity contribution is -0.157. The minimum atomic E-state index is -1.29. The van der Waals surface area contributed by atoms with E-state index in [-0.39, 0.29) is 18.9 Å². The Morgan fingerprint density at radius 3 is 2.43 bits per heavy atom. The van der Waals surface area contributed by atoms with Crippen molar-refractivity contribution in [2.45, 2.75) is 33.3 Å². The number of halogens is 2. The van der Waals surface area contributed by atoms with E-state index < -0.39 is 41.2 Å². The maximum Gasteiger partial charge on any atom is 0.312 e. The van der Waals surface area contributed by atoms with Gasteiger partial charge >= 0.3 is 5.97 Å². The molecule has 30 heavy (non-hydrogen) atoms. The van der Waals surface area contributed by atoms with Gasteiger partial charge in [-0.1, -0.05) is 18.2 Å². The largest absolute Gasteiger partial charge is 0.452 e. The van der Waals surface area contributed by atoms with Crippen molar-refractivity contribution in [2.24, 2.45) is 5.92 Å². The van der Waals surface area contributed by atoms with E-state index in [1.165, 1.54) is 17.9 Å². The zero-order chi connectivity index (χ0) is 22.0. The van der Waals surface area contributed by atoms with Gasteiger partial charge < -0.3 is 15.0 Å². The van der Waals surface area contributed by atoms with Crippen LogP contribution < -0.4 is 10.2 Å². The summed E-state index contributed by atoms with van der Waals surface area (Å²) in [6.45, 7) is 5.27. The maximum atomic E-state index is 13.7. The first-order valence-corrected chi connectivity index (χ1v) is 9.51. The van der Waals surface area contributed by atoms with E-state index in [9.17, 15) is 23.2 Å². The van der Waals surface area contributed by atoms with Crippen LogP contribution in [0.25, 0.3) is 0 Å². The van der Waals surface area contributed by atoms with E-state index >= 15 is 0 Å². The van der Waals surface area contributed by atoms with Gasteiger partial charge in [-0.15, -0.1) is 0 Å². The molecule has 2 amide bonds. The number of para-hydroxylation sites is 1. The summed E-state index contributed by atoms with van der Waals surface area (Å²) >= 11 is 0. The molecule has 0 saturated carbocycles.